The number of hydrogen-bond donors (Lipinski definition) is 1. The number of fused-ring (bicyclic) bond motifs is 3. The fourth-order valence-corrected chi connectivity index (χ4v) is 7.70. The molecule has 1 spiro atoms. The fourth-order valence-electron chi connectivity index (χ4n) is 7.70. The van der Waals surface area contributed by atoms with Crippen molar-refractivity contribution in [3.8, 4) is 0 Å². The van der Waals surface area contributed by atoms with Crippen LogP contribution >= 0.6 is 0 Å². The van der Waals surface area contributed by atoms with Crippen LogP contribution in [0.15, 0.2) is 23.8 Å². The van der Waals surface area contributed by atoms with E-state index in [9.17, 15) is 19.5 Å². The molecule has 5 aliphatic rings. The molecule has 1 heterocycles. The van der Waals surface area contributed by atoms with Crippen molar-refractivity contribution < 1.29 is 28.6 Å². The molecule has 5 nitrogen and oxygen atoms in total. The van der Waals surface area contributed by atoms with Gasteiger partial charge >= 0.3 is 5.97 Å². The molecule has 9 atom stereocenters. The molecule has 6 heteroatoms. The lowest BCUT2D eigenvalue weighted by Crippen LogP contribution is -2.59. The van der Waals surface area contributed by atoms with Crippen LogP contribution in [0.1, 0.15) is 40.0 Å². The maximum absolute atomic E-state index is 15.3. The number of allylic oxidation sites excluding steroid dienone is 2. The average Bonchev–Trinajstić information content (AvgIpc) is 3.27. The maximum Gasteiger partial charge on any atom is 0.372 e. The molecule has 28 heavy (non-hydrogen) atoms. The molecular formula is C22H25FO5. The third kappa shape index (κ3) is 1.88. The summed E-state index contributed by atoms with van der Waals surface area (Å²) in [5.74, 6) is -3.00. The van der Waals surface area contributed by atoms with Crippen molar-refractivity contribution in [3.05, 3.63) is 23.8 Å². The van der Waals surface area contributed by atoms with Crippen molar-refractivity contribution in [3.63, 3.8) is 0 Å². The van der Waals surface area contributed by atoms with Crippen LogP contribution in [0, 0.1) is 34.5 Å². The Balaban J connectivity index is 1.59. The second-order valence-electron chi connectivity index (χ2n) is 9.92. The summed E-state index contributed by atoms with van der Waals surface area (Å²) in [7, 11) is 0. The zero-order chi connectivity index (χ0) is 20.2. The number of ether oxygens (including phenoxy) is 1. The van der Waals surface area contributed by atoms with Crippen molar-refractivity contribution in [2.24, 2.45) is 34.5 Å². The van der Waals surface area contributed by atoms with Gasteiger partial charge in [0.05, 0.1) is 6.10 Å². The maximum atomic E-state index is 15.3. The second-order valence-corrected chi connectivity index (χ2v) is 9.92. The van der Waals surface area contributed by atoms with Gasteiger partial charge < -0.3 is 9.84 Å². The SMILES string of the molecule is C[C@@H]1C[C@H]2[C@@H]3C[C@H](F)C4=CC(=O)C=C[C@]4(C)C34O[C@H]4C[C@]2(C)[C@H]1C(=O)C(=O)O. The Morgan fingerprint density at radius 3 is 2.64 bits per heavy atom. The minimum atomic E-state index is -1.38. The molecule has 3 saturated carbocycles. The lowest BCUT2D eigenvalue weighted by molar-refractivity contribution is -0.154. The molecule has 1 N–H and O–H groups in total. The van der Waals surface area contributed by atoms with Crippen molar-refractivity contribution in [1.82, 2.24) is 0 Å². The first-order chi connectivity index (χ1) is 13.1. The van der Waals surface area contributed by atoms with Crippen LogP contribution in [0.4, 0.5) is 4.39 Å². The largest absolute Gasteiger partial charge is 0.475 e. The van der Waals surface area contributed by atoms with Crippen molar-refractivity contribution >= 4 is 17.5 Å². The van der Waals surface area contributed by atoms with Crippen LogP contribution in [-0.2, 0) is 19.1 Å². The highest BCUT2D eigenvalue weighted by atomic mass is 19.1. The first kappa shape index (κ1) is 18.2. The second kappa shape index (κ2) is 5.21. The molecule has 0 radical (unpaired) electrons. The topological polar surface area (TPSA) is 84.0 Å². The van der Waals surface area contributed by atoms with Crippen LogP contribution in [0.5, 0.6) is 0 Å². The van der Waals surface area contributed by atoms with Crippen molar-refractivity contribution in [2.75, 3.05) is 0 Å². The van der Waals surface area contributed by atoms with Gasteiger partial charge in [-0.2, -0.15) is 0 Å². The van der Waals surface area contributed by atoms with Crippen LogP contribution < -0.4 is 0 Å². The highest BCUT2D eigenvalue weighted by molar-refractivity contribution is 6.33. The Morgan fingerprint density at radius 2 is 1.96 bits per heavy atom. The number of aliphatic carboxylic acids is 1. The van der Waals surface area contributed by atoms with E-state index in [-0.39, 0.29) is 36.1 Å². The van der Waals surface area contributed by atoms with Gasteiger partial charge in [-0.1, -0.05) is 19.9 Å². The van der Waals surface area contributed by atoms with Crippen molar-refractivity contribution in [1.29, 1.82) is 0 Å². The zero-order valence-corrected chi connectivity index (χ0v) is 16.3. The minimum Gasteiger partial charge on any atom is -0.475 e. The Hall–Kier alpha value is -1.82. The summed E-state index contributed by atoms with van der Waals surface area (Å²) in [5, 5.41) is 9.35. The molecule has 1 saturated heterocycles. The smallest absolute Gasteiger partial charge is 0.372 e. The number of carbonyl (C=O) groups excluding carboxylic acids is 2. The number of hydrogen-bond acceptors (Lipinski definition) is 4. The van der Waals surface area contributed by atoms with Gasteiger partial charge in [-0.25, -0.2) is 9.18 Å². The van der Waals surface area contributed by atoms with Crippen LogP contribution in [0.2, 0.25) is 0 Å². The first-order valence-corrected chi connectivity index (χ1v) is 10.1. The van der Waals surface area contributed by atoms with E-state index in [0.29, 0.717) is 18.4 Å². The molecule has 1 aliphatic heterocycles. The van der Waals surface area contributed by atoms with Crippen LogP contribution in [0.25, 0.3) is 0 Å². The molecule has 1 unspecified atom stereocenters. The summed E-state index contributed by atoms with van der Waals surface area (Å²) in [6.45, 7) is 5.90. The van der Waals surface area contributed by atoms with Gasteiger partial charge in [-0.3, -0.25) is 9.59 Å². The van der Waals surface area contributed by atoms with Crippen LogP contribution in [0.3, 0.4) is 0 Å². The van der Waals surface area contributed by atoms with Gasteiger partial charge in [0.2, 0.25) is 5.78 Å². The summed E-state index contributed by atoms with van der Waals surface area (Å²) in [6, 6.07) is 0. The third-order valence-electron chi connectivity index (χ3n) is 8.75. The van der Waals surface area contributed by atoms with E-state index in [4.69, 9.17) is 4.74 Å². The van der Waals surface area contributed by atoms with E-state index >= 15 is 4.39 Å². The Morgan fingerprint density at radius 1 is 1.25 bits per heavy atom. The predicted octanol–water partition coefficient (Wildman–Crippen LogP) is 2.89. The fraction of sp³-hybridized carbons (Fsp3) is 0.682. The molecule has 0 aromatic heterocycles. The van der Waals surface area contributed by atoms with E-state index in [1.54, 1.807) is 0 Å². The predicted molar refractivity (Wildman–Crippen MR) is 97.1 cm³/mol. The van der Waals surface area contributed by atoms with Gasteiger partial charge in [0.15, 0.2) is 5.78 Å². The quantitative estimate of drug-likeness (QED) is 0.581. The monoisotopic (exact) mass is 388 g/mol. The molecule has 0 aromatic carbocycles. The Labute approximate surface area is 163 Å². The number of carboxylic acid groups (broad SMARTS) is 1. The van der Waals surface area contributed by atoms with Crippen molar-refractivity contribution in [2.45, 2.75) is 57.9 Å². The van der Waals surface area contributed by atoms with Crippen LogP contribution in [-0.4, -0.2) is 40.5 Å². The lowest BCUT2D eigenvalue weighted by Gasteiger charge is -2.55. The standard InChI is InChI=1S/C22H25FO5/c1-10-6-12-13-8-15(23)14-7-11(24)4-5-21(14,3)22(13)16(28-22)9-20(12,2)17(10)18(25)19(26)27/h4-5,7,10,12-13,15-17H,6,8-9H2,1-3H3,(H,26,27)/t10-,12+,13+,15+,16+,17-,20+,21+,22?/m1/s1. The molecule has 5 rings (SSSR count). The van der Waals surface area contributed by atoms with Gasteiger partial charge in [0.1, 0.15) is 11.8 Å². The molecule has 4 fully saturated rings. The summed E-state index contributed by atoms with van der Waals surface area (Å²) in [6.07, 6.45) is 4.93. The number of rotatable bonds is 2. The minimum absolute atomic E-state index is 0.0252. The van der Waals surface area contributed by atoms with Gasteiger partial charge in [0, 0.05) is 11.3 Å². The molecule has 0 bridgehead atoms. The van der Waals surface area contributed by atoms with Gasteiger partial charge in [0.25, 0.3) is 0 Å². The number of ketones is 2. The van der Waals surface area contributed by atoms with E-state index in [1.165, 1.54) is 12.2 Å². The number of halogens is 1. The number of Topliss-reactive ketones (excluding diaryl/α,β-unsaturated/α-hetero) is 1. The number of alkyl halides is 1. The molecule has 150 valence electrons. The summed E-state index contributed by atoms with van der Waals surface area (Å²) < 4.78 is 21.6. The Bertz CT molecular complexity index is 876. The molecule has 0 amide bonds. The van der Waals surface area contributed by atoms with E-state index < -0.39 is 40.3 Å². The zero-order valence-electron chi connectivity index (χ0n) is 16.3. The third-order valence-corrected chi connectivity index (χ3v) is 8.75. The lowest BCUT2D eigenvalue weighted by atomic mass is 9.47. The first-order valence-electron chi connectivity index (χ1n) is 10.1. The van der Waals surface area contributed by atoms with E-state index in [0.717, 1.165) is 0 Å². The molecule has 0 aromatic rings. The highest BCUT2D eigenvalue weighted by Crippen LogP contribution is 2.76. The molecule has 4 aliphatic carbocycles. The highest BCUT2D eigenvalue weighted by Gasteiger charge is 2.80. The Kier molecular flexibility index (Phi) is 3.39. The average molecular weight is 388 g/mol. The number of carboxylic acids is 1. The summed E-state index contributed by atoms with van der Waals surface area (Å²) in [4.78, 5) is 35.8. The summed E-state index contributed by atoms with van der Waals surface area (Å²) in [5.41, 5.74) is -1.22. The number of carbonyl (C=O) groups is 3. The number of epoxide rings is 1. The van der Waals surface area contributed by atoms with Gasteiger partial charge in [-0.15, -0.1) is 0 Å². The van der Waals surface area contributed by atoms with E-state index in [1.807, 2.05) is 26.8 Å². The van der Waals surface area contributed by atoms with E-state index in [2.05, 4.69) is 0 Å². The van der Waals surface area contributed by atoms with Gasteiger partial charge in [-0.05, 0) is 67.1 Å². The normalized spacial score (nSPS) is 53.4. The summed E-state index contributed by atoms with van der Waals surface area (Å²) >= 11 is 0. The molecular weight excluding hydrogens is 363 g/mol.